The lowest BCUT2D eigenvalue weighted by Gasteiger charge is -2.11. The molecule has 0 saturated heterocycles. The average Bonchev–Trinajstić information content (AvgIpc) is 3.35. The monoisotopic (exact) mass is 443 g/mol. The summed E-state index contributed by atoms with van der Waals surface area (Å²) in [5, 5.41) is 5.75. The van der Waals surface area contributed by atoms with E-state index in [-0.39, 0.29) is 16.9 Å². The molecule has 0 bridgehead atoms. The lowest BCUT2D eigenvalue weighted by Crippen LogP contribution is -2.37. The third kappa shape index (κ3) is 3.19. The first kappa shape index (κ1) is 19.8. The van der Waals surface area contributed by atoms with Gasteiger partial charge in [0.25, 0.3) is 11.5 Å². The zero-order valence-corrected chi connectivity index (χ0v) is 18.0. The molecule has 1 N–H and O–H groups in total. The van der Waals surface area contributed by atoms with E-state index in [1.807, 2.05) is 41.8 Å². The first-order valence-corrected chi connectivity index (χ1v) is 10.6. The van der Waals surface area contributed by atoms with E-state index in [2.05, 4.69) is 15.3 Å². The van der Waals surface area contributed by atoms with E-state index in [0.29, 0.717) is 22.5 Å². The molecular formula is C23H17N5O3S. The highest BCUT2D eigenvalue weighted by molar-refractivity contribution is 7.13. The van der Waals surface area contributed by atoms with Crippen molar-refractivity contribution in [1.29, 1.82) is 0 Å². The van der Waals surface area contributed by atoms with Gasteiger partial charge in [-0.2, -0.15) is 0 Å². The van der Waals surface area contributed by atoms with Crippen molar-refractivity contribution in [1.82, 2.24) is 19.1 Å². The van der Waals surface area contributed by atoms with Crippen LogP contribution in [-0.2, 0) is 14.1 Å². The Hall–Kier alpha value is -4.11. The number of para-hydroxylation sites is 1. The van der Waals surface area contributed by atoms with Crippen LogP contribution in [0.25, 0.3) is 32.5 Å². The lowest BCUT2D eigenvalue weighted by molar-refractivity contribution is 0.102. The summed E-state index contributed by atoms with van der Waals surface area (Å²) in [4.78, 5) is 47.8. The molecular weight excluding hydrogens is 426 g/mol. The molecule has 0 unspecified atom stereocenters. The fourth-order valence-electron chi connectivity index (χ4n) is 3.65. The fraction of sp³-hybridized carbons (Fsp3) is 0.0870. The predicted octanol–water partition coefficient (Wildman–Crippen LogP) is 3.16. The normalized spacial score (nSPS) is 11.2. The number of aromatic nitrogens is 4. The van der Waals surface area contributed by atoms with Crippen LogP contribution in [0.5, 0.6) is 0 Å². The van der Waals surface area contributed by atoms with Gasteiger partial charge in [-0.05, 0) is 29.6 Å². The smallest absolute Gasteiger partial charge is 0.321 e. The van der Waals surface area contributed by atoms with Gasteiger partial charge in [0, 0.05) is 19.5 Å². The van der Waals surface area contributed by atoms with E-state index in [1.54, 1.807) is 24.5 Å². The maximum Gasteiger partial charge on any atom is 0.332 e. The Morgan fingerprint density at radius 1 is 1.00 bits per heavy atom. The van der Waals surface area contributed by atoms with E-state index < -0.39 is 11.2 Å². The van der Waals surface area contributed by atoms with Crippen LogP contribution in [0.15, 0.2) is 69.7 Å². The Balaban J connectivity index is 1.60. The summed E-state index contributed by atoms with van der Waals surface area (Å²) in [5.74, 6) is -0.343. The number of pyridine rings is 2. The summed E-state index contributed by atoms with van der Waals surface area (Å²) >= 11 is 1.55. The molecule has 158 valence electrons. The topological polar surface area (TPSA) is 98.9 Å². The van der Waals surface area contributed by atoms with Crippen LogP contribution in [0, 0.1) is 0 Å². The second-order valence-corrected chi connectivity index (χ2v) is 8.25. The molecule has 0 radical (unpaired) electrons. The Bertz CT molecular complexity index is 1630. The Labute approximate surface area is 185 Å². The van der Waals surface area contributed by atoms with Gasteiger partial charge in [0.15, 0.2) is 0 Å². The molecule has 0 aliphatic carbocycles. The average molecular weight is 443 g/mol. The van der Waals surface area contributed by atoms with Crippen LogP contribution in [-0.4, -0.2) is 25.0 Å². The summed E-state index contributed by atoms with van der Waals surface area (Å²) in [6.45, 7) is 0. The molecule has 0 fully saturated rings. The highest BCUT2D eigenvalue weighted by Gasteiger charge is 2.16. The molecule has 4 aromatic heterocycles. The molecule has 32 heavy (non-hydrogen) atoms. The molecule has 0 spiro atoms. The molecule has 0 aliphatic rings. The first-order valence-electron chi connectivity index (χ1n) is 9.75. The lowest BCUT2D eigenvalue weighted by atomic mass is 10.1. The van der Waals surface area contributed by atoms with Gasteiger partial charge in [0.2, 0.25) is 0 Å². The number of aryl methyl sites for hydroxylation is 1. The number of hydrogen-bond acceptors (Lipinski definition) is 6. The summed E-state index contributed by atoms with van der Waals surface area (Å²) in [6, 6.07) is 14.6. The van der Waals surface area contributed by atoms with Crippen LogP contribution in [0.2, 0.25) is 0 Å². The number of carbonyl (C=O) groups excluding carboxylic acids is 1. The van der Waals surface area contributed by atoms with Gasteiger partial charge >= 0.3 is 5.69 Å². The number of anilines is 1. The second-order valence-electron chi connectivity index (χ2n) is 7.30. The number of rotatable bonds is 3. The maximum absolute atomic E-state index is 13.3. The van der Waals surface area contributed by atoms with E-state index in [4.69, 9.17) is 0 Å². The van der Waals surface area contributed by atoms with Crippen LogP contribution in [0.1, 0.15) is 10.4 Å². The standard InChI is InChI=1S/C23H17N5O3S/c1-27-20-16(22(30)28(2)23(27)31)10-13(12-24-20)25-21(29)15-11-18(19-8-5-9-32-19)26-17-7-4-3-6-14(15)17/h3-12H,1-2H3,(H,25,29). The maximum atomic E-state index is 13.3. The van der Waals surface area contributed by atoms with Gasteiger partial charge in [0.05, 0.1) is 38.9 Å². The van der Waals surface area contributed by atoms with Crippen molar-refractivity contribution < 1.29 is 4.79 Å². The summed E-state index contributed by atoms with van der Waals surface area (Å²) in [5.41, 5.74) is 1.57. The predicted molar refractivity (Wildman–Crippen MR) is 125 cm³/mol. The Morgan fingerprint density at radius 2 is 1.81 bits per heavy atom. The molecule has 1 aromatic carbocycles. The molecule has 4 heterocycles. The number of fused-ring (bicyclic) bond motifs is 2. The number of carbonyl (C=O) groups is 1. The van der Waals surface area contributed by atoms with Crippen molar-refractivity contribution in [3.05, 3.63) is 86.5 Å². The molecule has 0 aliphatic heterocycles. The summed E-state index contributed by atoms with van der Waals surface area (Å²) in [6.07, 6.45) is 1.43. The van der Waals surface area contributed by atoms with E-state index in [1.165, 1.54) is 23.9 Å². The first-order chi connectivity index (χ1) is 15.4. The van der Waals surface area contributed by atoms with E-state index >= 15 is 0 Å². The molecule has 1 amide bonds. The summed E-state index contributed by atoms with van der Waals surface area (Å²) < 4.78 is 2.31. The van der Waals surface area contributed by atoms with Crippen molar-refractivity contribution in [2.24, 2.45) is 14.1 Å². The zero-order valence-electron chi connectivity index (χ0n) is 17.2. The number of amides is 1. The molecule has 5 rings (SSSR count). The van der Waals surface area contributed by atoms with Gasteiger partial charge in [-0.15, -0.1) is 11.3 Å². The quantitative estimate of drug-likeness (QED) is 0.462. The van der Waals surface area contributed by atoms with E-state index in [9.17, 15) is 14.4 Å². The second kappa shape index (κ2) is 7.54. The van der Waals surface area contributed by atoms with Crippen LogP contribution in [0.3, 0.4) is 0 Å². The van der Waals surface area contributed by atoms with E-state index in [0.717, 1.165) is 14.8 Å². The van der Waals surface area contributed by atoms with Gasteiger partial charge < -0.3 is 5.32 Å². The minimum atomic E-state index is -0.471. The molecule has 9 heteroatoms. The van der Waals surface area contributed by atoms with Gasteiger partial charge in [-0.3, -0.25) is 18.7 Å². The van der Waals surface area contributed by atoms with Crippen LogP contribution >= 0.6 is 11.3 Å². The third-order valence-corrected chi connectivity index (χ3v) is 6.18. The van der Waals surface area contributed by atoms with Crippen LogP contribution < -0.4 is 16.6 Å². The highest BCUT2D eigenvalue weighted by atomic mass is 32.1. The number of nitrogens with one attached hydrogen (secondary N) is 1. The van der Waals surface area contributed by atoms with Gasteiger partial charge in [-0.25, -0.2) is 14.8 Å². The largest absolute Gasteiger partial charge is 0.332 e. The van der Waals surface area contributed by atoms with Gasteiger partial charge in [-0.1, -0.05) is 24.3 Å². The molecule has 0 saturated carbocycles. The van der Waals surface area contributed by atoms with Crippen molar-refractivity contribution >= 4 is 44.9 Å². The summed E-state index contributed by atoms with van der Waals surface area (Å²) in [7, 11) is 2.95. The Morgan fingerprint density at radius 3 is 2.59 bits per heavy atom. The molecule has 8 nitrogen and oxygen atoms in total. The minimum absolute atomic E-state index is 0.242. The minimum Gasteiger partial charge on any atom is -0.321 e. The van der Waals surface area contributed by atoms with Crippen LogP contribution in [0.4, 0.5) is 5.69 Å². The SMILES string of the molecule is Cn1c(=O)c2cc(NC(=O)c3cc(-c4cccs4)nc4ccccc34)cnc2n(C)c1=O. The fourth-order valence-corrected chi connectivity index (χ4v) is 4.33. The van der Waals surface area contributed by atoms with Crippen molar-refractivity contribution in [2.45, 2.75) is 0 Å². The number of nitrogens with zero attached hydrogens (tertiary/aromatic N) is 4. The molecule has 5 aromatic rings. The molecule has 0 atom stereocenters. The zero-order chi connectivity index (χ0) is 22.4. The van der Waals surface area contributed by atoms with Gasteiger partial charge in [0.1, 0.15) is 5.65 Å². The van der Waals surface area contributed by atoms with Crippen molar-refractivity contribution in [3.8, 4) is 10.6 Å². The number of thiophene rings is 1. The highest BCUT2D eigenvalue weighted by Crippen LogP contribution is 2.28. The number of benzene rings is 1. The van der Waals surface area contributed by atoms with Crippen molar-refractivity contribution in [2.75, 3.05) is 5.32 Å². The Kier molecular flexibility index (Phi) is 4.67. The number of hydrogen-bond donors (Lipinski definition) is 1. The van der Waals surface area contributed by atoms with Crippen molar-refractivity contribution in [3.63, 3.8) is 0 Å². The third-order valence-electron chi connectivity index (χ3n) is 5.29.